The molecular weight excluding hydrogens is 654 g/mol. The number of hydrogen-bond donors (Lipinski definition) is 1. The Morgan fingerprint density at radius 3 is 2.49 bits per heavy atom. The molecule has 0 saturated heterocycles. The molecule has 0 aliphatic carbocycles. The molecule has 0 atom stereocenters. The number of carbonyl (C=O) groups is 1. The summed E-state index contributed by atoms with van der Waals surface area (Å²) in [6.07, 6.45) is 3.33. The second kappa shape index (κ2) is 16.0. The molecule has 266 valence electrons. The average Bonchev–Trinajstić information content (AvgIpc) is 3.60. The number of pyridine rings is 1. The molecule has 16 heteroatoms. The zero-order valence-electron chi connectivity index (χ0n) is 29.2. The third-order valence-electron chi connectivity index (χ3n) is 8.37. The van der Waals surface area contributed by atoms with Crippen molar-refractivity contribution >= 4 is 39.7 Å². The highest BCUT2D eigenvalue weighted by Gasteiger charge is 2.26. The summed E-state index contributed by atoms with van der Waals surface area (Å²) in [4.78, 5) is 47.8. The first kappa shape index (κ1) is 35.3. The van der Waals surface area contributed by atoms with Crippen molar-refractivity contribution in [2.45, 2.75) is 20.4 Å². The van der Waals surface area contributed by atoms with Crippen LogP contribution in [0.15, 0.2) is 61.1 Å². The molecule has 0 bridgehead atoms. The number of rotatable bonds is 16. The molecule has 6 rings (SSSR count). The average molecular weight is 696 g/mol. The van der Waals surface area contributed by atoms with E-state index < -0.39 is 0 Å². The van der Waals surface area contributed by atoms with E-state index in [1.165, 1.54) is 0 Å². The number of aromatic nitrogens is 6. The predicted molar refractivity (Wildman–Crippen MR) is 194 cm³/mol. The van der Waals surface area contributed by atoms with Gasteiger partial charge in [-0.25, -0.2) is 24.6 Å². The van der Waals surface area contributed by atoms with Crippen LogP contribution in [-0.2, 0) is 20.8 Å². The van der Waals surface area contributed by atoms with Gasteiger partial charge >= 0.3 is 0 Å². The monoisotopic (exact) mass is 695 g/mol. The second-order valence-corrected chi connectivity index (χ2v) is 12.2. The lowest BCUT2D eigenvalue weighted by Gasteiger charge is -2.29. The van der Waals surface area contributed by atoms with Crippen LogP contribution in [0.5, 0.6) is 0 Å². The number of likely N-dealkylation sites (N-methyl/N-ethyl adjacent to an activating group) is 1. The number of ether oxygens (including phenoxy) is 2. The molecule has 16 nitrogen and oxygen atoms in total. The second-order valence-electron chi connectivity index (χ2n) is 12.2. The Morgan fingerprint density at radius 2 is 1.75 bits per heavy atom. The molecule has 0 spiro atoms. The minimum absolute atomic E-state index is 0.0444. The number of benzene rings is 2. The highest BCUT2D eigenvalue weighted by Crippen LogP contribution is 2.34. The molecule has 1 N–H and O–H groups in total. The molecule has 0 fully saturated rings. The van der Waals surface area contributed by atoms with Gasteiger partial charge in [-0.15, -0.1) is 5.10 Å². The number of carbonyl (C=O) groups excluding carboxylic acids is 1. The van der Waals surface area contributed by atoms with Crippen molar-refractivity contribution in [3.63, 3.8) is 0 Å². The first-order chi connectivity index (χ1) is 24.7. The lowest BCUT2D eigenvalue weighted by molar-refractivity contribution is -0.383. The molecule has 2 aromatic carbocycles. The minimum atomic E-state index is -0.345. The van der Waals surface area contributed by atoms with E-state index in [-0.39, 0.29) is 23.1 Å². The maximum atomic E-state index is 12.3. The zero-order valence-corrected chi connectivity index (χ0v) is 29.2. The number of amides is 1. The van der Waals surface area contributed by atoms with Gasteiger partial charge in [-0.1, -0.05) is 18.2 Å². The lowest BCUT2D eigenvalue weighted by Crippen LogP contribution is -2.40. The van der Waals surface area contributed by atoms with E-state index in [4.69, 9.17) is 19.4 Å². The van der Waals surface area contributed by atoms with Gasteiger partial charge in [0.15, 0.2) is 17.5 Å². The van der Waals surface area contributed by atoms with Crippen LogP contribution in [0.1, 0.15) is 12.6 Å². The van der Waals surface area contributed by atoms with Crippen molar-refractivity contribution in [3.8, 4) is 22.8 Å². The Morgan fingerprint density at radius 1 is 0.961 bits per heavy atom. The zero-order chi connectivity index (χ0) is 35.9. The van der Waals surface area contributed by atoms with Crippen LogP contribution in [0, 0.1) is 17.0 Å². The van der Waals surface area contributed by atoms with Crippen molar-refractivity contribution in [1.29, 1.82) is 0 Å². The smallest absolute Gasteiger partial charge is 0.277 e. The predicted octanol–water partition coefficient (Wildman–Crippen LogP) is 4.00. The number of nitrogens with zero attached hydrogens (tertiary/aromatic N) is 10. The van der Waals surface area contributed by atoms with Gasteiger partial charge < -0.3 is 19.7 Å². The van der Waals surface area contributed by atoms with Crippen molar-refractivity contribution in [2.75, 3.05) is 81.9 Å². The van der Waals surface area contributed by atoms with Crippen LogP contribution in [0.3, 0.4) is 0 Å². The van der Waals surface area contributed by atoms with E-state index in [1.54, 1.807) is 34.2 Å². The molecule has 1 aliphatic rings. The van der Waals surface area contributed by atoms with Gasteiger partial charge in [-0.3, -0.25) is 24.7 Å². The summed E-state index contributed by atoms with van der Waals surface area (Å²) in [6, 6.07) is 14.5. The maximum absolute atomic E-state index is 12.3. The Labute approximate surface area is 295 Å². The molecule has 3 aromatic heterocycles. The van der Waals surface area contributed by atoms with Gasteiger partial charge in [0.25, 0.3) is 5.69 Å². The number of non-ortho nitro benzene ring substituents is 1. The van der Waals surface area contributed by atoms with E-state index >= 15 is 0 Å². The summed E-state index contributed by atoms with van der Waals surface area (Å²) in [5.41, 5.74) is 3.82. The summed E-state index contributed by atoms with van der Waals surface area (Å²) in [5, 5.41) is 20.6. The molecule has 0 radical (unpaired) electrons. The topological polar surface area (TPSA) is 170 Å². The van der Waals surface area contributed by atoms with E-state index in [0.29, 0.717) is 87.0 Å². The number of nitro groups is 1. The molecule has 1 aliphatic heterocycles. The standard InChI is InChI=1S/C35H41N11O5/c1-5-45-32(47)21-37-34-35(45)40-29(20-36-34)25-10-11-28(39-24(25)2)33-38-22-44(41-33)15-17-51-19-18-50-16-14-43(23-42(3)4)30-12-13-31(46(48)49)27-9-7-6-8-26(27)30/h6-13,20,22H,5,14-19,21,23H2,1-4H3,(H,36,37). The SMILES string of the molecule is CCN1C(=O)CNc2ncc(-c3ccc(-c4ncn(CCOCCOCCN(CN(C)C)c5ccc([N+](=O)[O-])c6ccccc56)n4)nc3C)nc21. The van der Waals surface area contributed by atoms with Crippen molar-refractivity contribution in [3.05, 3.63) is 76.9 Å². The van der Waals surface area contributed by atoms with Crippen molar-refractivity contribution < 1.29 is 19.2 Å². The molecule has 51 heavy (non-hydrogen) atoms. The third kappa shape index (κ3) is 8.09. The van der Waals surface area contributed by atoms with Gasteiger partial charge in [-0.05, 0) is 52.2 Å². The normalized spacial score (nSPS) is 12.7. The molecule has 4 heterocycles. The summed E-state index contributed by atoms with van der Waals surface area (Å²) >= 11 is 0. The number of fused-ring (bicyclic) bond motifs is 2. The quantitative estimate of drug-likeness (QED) is 0.0681. The van der Waals surface area contributed by atoms with Crippen molar-refractivity contribution in [2.24, 2.45) is 0 Å². The Kier molecular flexibility index (Phi) is 11.0. The number of nitrogens with one attached hydrogen (secondary N) is 1. The van der Waals surface area contributed by atoms with Gasteiger partial charge in [0, 0.05) is 41.5 Å². The Balaban J connectivity index is 0.971. The highest BCUT2D eigenvalue weighted by atomic mass is 16.6. The fraction of sp³-hybridized carbons (Fsp3) is 0.371. The fourth-order valence-electron chi connectivity index (χ4n) is 5.96. The molecule has 5 aromatic rings. The number of nitro benzene ring substituents is 1. The van der Waals surface area contributed by atoms with Gasteiger partial charge in [-0.2, -0.15) is 0 Å². The number of aryl methyl sites for hydroxylation is 1. The first-order valence-electron chi connectivity index (χ1n) is 16.7. The number of hydrogen-bond acceptors (Lipinski definition) is 13. The van der Waals surface area contributed by atoms with Crippen molar-refractivity contribution in [1.82, 2.24) is 34.6 Å². The largest absolute Gasteiger partial charge is 0.377 e. The summed E-state index contributed by atoms with van der Waals surface area (Å²) in [6.45, 7) is 8.01. The van der Waals surface area contributed by atoms with Gasteiger partial charge in [0.2, 0.25) is 5.91 Å². The first-order valence-corrected chi connectivity index (χ1v) is 16.7. The number of anilines is 3. The van der Waals surface area contributed by atoms with Gasteiger partial charge in [0.1, 0.15) is 12.0 Å². The molecule has 1 amide bonds. The minimum Gasteiger partial charge on any atom is -0.377 e. The van der Waals surface area contributed by atoms with Crippen LogP contribution in [-0.4, -0.2) is 112 Å². The fourth-order valence-corrected chi connectivity index (χ4v) is 5.96. The summed E-state index contributed by atoms with van der Waals surface area (Å²) < 4.78 is 13.4. The Hall–Kier alpha value is -5.58. The highest BCUT2D eigenvalue weighted by molar-refractivity contribution is 6.01. The van der Waals surface area contributed by atoms with E-state index in [9.17, 15) is 14.9 Å². The van der Waals surface area contributed by atoms with Crippen LogP contribution >= 0.6 is 0 Å². The lowest BCUT2D eigenvalue weighted by atomic mass is 10.1. The van der Waals surface area contributed by atoms with Crippen LogP contribution in [0.25, 0.3) is 33.5 Å². The van der Waals surface area contributed by atoms with E-state index in [1.807, 2.05) is 64.3 Å². The van der Waals surface area contributed by atoms with Crippen LogP contribution < -0.4 is 15.1 Å². The Bertz CT molecular complexity index is 2020. The maximum Gasteiger partial charge on any atom is 0.277 e. The van der Waals surface area contributed by atoms with E-state index in [2.05, 4.69) is 30.2 Å². The molecular formula is C35H41N11O5. The summed E-state index contributed by atoms with van der Waals surface area (Å²) in [5.74, 6) is 1.56. The molecule has 0 unspecified atom stereocenters. The third-order valence-corrected chi connectivity index (χ3v) is 8.37. The van der Waals surface area contributed by atoms with E-state index in [0.717, 1.165) is 22.3 Å². The summed E-state index contributed by atoms with van der Waals surface area (Å²) in [7, 11) is 3.97. The molecule has 0 saturated carbocycles. The van der Waals surface area contributed by atoms with Crippen LogP contribution in [0.4, 0.5) is 23.0 Å². The van der Waals surface area contributed by atoms with Gasteiger partial charge in [0.05, 0.1) is 68.4 Å². The van der Waals surface area contributed by atoms with Crippen LogP contribution in [0.2, 0.25) is 0 Å².